The van der Waals surface area contributed by atoms with E-state index in [4.69, 9.17) is 0 Å². The number of nitrogens with one attached hydrogen (secondary N) is 2. The molecule has 1 aliphatic carbocycles. The molecule has 3 aromatic carbocycles. The van der Waals surface area contributed by atoms with Gasteiger partial charge in [0.05, 0.1) is 5.69 Å². The molecule has 0 bridgehead atoms. The van der Waals surface area contributed by atoms with Crippen LogP contribution >= 0.6 is 0 Å². The summed E-state index contributed by atoms with van der Waals surface area (Å²) < 4.78 is 1.08. The first-order chi connectivity index (χ1) is 15.0. The average molecular weight is 410 g/mol. The quantitative estimate of drug-likeness (QED) is 0.475. The van der Waals surface area contributed by atoms with Gasteiger partial charge in [0.25, 0.3) is 5.91 Å². The molecule has 1 amide bonds. The summed E-state index contributed by atoms with van der Waals surface area (Å²) in [5.74, 6) is -1.36. The Balaban J connectivity index is 1.44. The number of benzene rings is 3. The third-order valence-corrected chi connectivity index (χ3v) is 5.02. The lowest BCUT2D eigenvalue weighted by Crippen LogP contribution is -2.21. The Labute approximate surface area is 175 Å². The van der Waals surface area contributed by atoms with Crippen LogP contribution < -0.4 is 11.0 Å². The fourth-order valence-electron chi connectivity index (χ4n) is 3.54. The predicted molar refractivity (Wildman–Crippen MR) is 112 cm³/mol. The highest BCUT2D eigenvalue weighted by molar-refractivity contribution is 6.28. The normalized spacial score (nSPS) is 12.3. The minimum atomic E-state index is -0.651. The number of carbonyl (C=O) groups is 3. The maximum absolute atomic E-state index is 12.8. The van der Waals surface area contributed by atoms with Gasteiger partial charge >= 0.3 is 5.69 Å². The lowest BCUT2D eigenvalue weighted by atomic mass is 9.84. The van der Waals surface area contributed by atoms with Crippen LogP contribution in [0.1, 0.15) is 42.5 Å². The Morgan fingerprint density at radius 1 is 0.774 bits per heavy atom. The predicted octanol–water partition coefficient (Wildman–Crippen LogP) is 2.59. The molecule has 150 valence electrons. The number of para-hydroxylation sites is 1. The second-order valence-electron chi connectivity index (χ2n) is 6.94. The first-order valence-electron chi connectivity index (χ1n) is 9.41. The minimum Gasteiger partial charge on any atom is -0.319 e. The smallest absolute Gasteiger partial charge is 0.319 e. The van der Waals surface area contributed by atoms with Crippen molar-refractivity contribution in [2.24, 2.45) is 0 Å². The molecule has 0 spiro atoms. The standard InChI is InChI=1S/C23H14N4O4/c28-19-15-8-4-5-9-16(15)20(29)18-12-13(10-11-17(18)19)24-22(30)21-25-23(31)27(26-21)14-6-2-1-3-7-14/h1-12H,(H,24,30)(H,25,26,31). The van der Waals surface area contributed by atoms with Gasteiger partial charge in [-0.2, -0.15) is 4.68 Å². The van der Waals surface area contributed by atoms with Crippen LogP contribution in [0.2, 0.25) is 0 Å². The molecule has 31 heavy (non-hydrogen) atoms. The van der Waals surface area contributed by atoms with Gasteiger partial charge < -0.3 is 5.32 Å². The lowest BCUT2D eigenvalue weighted by Gasteiger charge is -2.18. The first kappa shape index (κ1) is 18.4. The molecule has 8 heteroatoms. The molecule has 5 rings (SSSR count). The molecule has 0 saturated heterocycles. The molecule has 0 unspecified atom stereocenters. The molecule has 0 atom stereocenters. The van der Waals surface area contributed by atoms with Gasteiger partial charge in [0.15, 0.2) is 11.6 Å². The molecule has 0 aliphatic heterocycles. The van der Waals surface area contributed by atoms with E-state index >= 15 is 0 Å². The van der Waals surface area contributed by atoms with Crippen LogP contribution in [0.15, 0.2) is 77.6 Å². The molecule has 0 radical (unpaired) electrons. The Kier molecular flexibility index (Phi) is 4.18. The highest BCUT2D eigenvalue weighted by atomic mass is 16.2. The zero-order valence-corrected chi connectivity index (χ0v) is 16.0. The van der Waals surface area contributed by atoms with Crippen molar-refractivity contribution in [1.82, 2.24) is 14.8 Å². The van der Waals surface area contributed by atoms with Crippen molar-refractivity contribution in [1.29, 1.82) is 0 Å². The highest BCUT2D eigenvalue weighted by Gasteiger charge is 2.29. The molecule has 0 fully saturated rings. The van der Waals surface area contributed by atoms with Crippen molar-refractivity contribution in [3.63, 3.8) is 0 Å². The van der Waals surface area contributed by atoms with E-state index in [1.54, 1.807) is 54.6 Å². The van der Waals surface area contributed by atoms with E-state index in [1.807, 2.05) is 0 Å². The fourth-order valence-corrected chi connectivity index (χ4v) is 3.54. The van der Waals surface area contributed by atoms with Crippen LogP contribution in [0.3, 0.4) is 0 Å². The Bertz CT molecular complexity index is 1430. The molecule has 4 aromatic rings. The van der Waals surface area contributed by atoms with Crippen molar-refractivity contribution in [3.8, 4) is 5.69 Å². The zero-order valence-electron chi connectivity index (χ0n) is 16.0. The number of ketones is 2. The van der Waals surface area contributed by atoms with Gasteiger partial charge in [-0.25, -0.2) is 4.79 Å². The number of H-pyrrole nitrogens is 1. The largest absolute Gasteiger partial charge is 0.348 e. The number of aromatic nitrogens is 3. The number of hydrogen-bond donors (Lipinski definition) is 2. The summed E-state index contributed by atoms with van der Waals surface area (Å²) in [6.45, 7) is 0. The highest BCUT2D eigenvalue weighted by Crippen LogP contribution is 2.29. The Morgan fingerprint density at radius 3 is 2.10 bits per heavy atom. The number of rotatable bonds is 3. The van der Waals surface area contributed by atoms with E-state index in [2.05, 4.69) is 15.4 Å². The lowest BCUT2D eigenvalue weighted by molar-refractivity contribution is 0.0979. The van der Waals surface area contributed by atoms with E-state index in [0.29, 0.717) is 22.5 Å². The van der Waals surface area contributed by atoms with Gasteiger partial charge in [0.1, 0.15) is 0 Å². The van der Waals surface area contributed by atoms with Crippen molar-refractivity contribution in [2.75, 3.05) is 5.32 Å². The number of anilines is 1. The summed E-state index contributed by atoms with van der Waals surface area (Å²) in [5, 5.41) is 6.65. The van der Waals surface area contributed by atoms with Gasteiger partial charge in [-0.15, -0.1) is 5.10 Å². The van der Waals surface area contributed by atoms with Gasteiger partial charge in [-0.3, -0.25) is 19.4 Å². The SMILES string of the molecule is O=C(Nc1ccc2c(c1)C(=O)c1ccccc1C2=O)c1nn(-c2ccccc2)c(=O)[nH]1. The summed E-state index contributed by atoms with van der Waals surface area (Å²) in [5.41, 5.74) is 1.45. The molecule has 1 aromatic heterocycles. The van der Waals surface area contributed by atoms with Crippen LogP contribution in [-0.2, 0) is 0 Å². The zero-order chi connectivity index (χ0) is 21.5. The third-order valence-electron chi connectivity index (χ3n) is 5.02. The second kappa shape index (κ2) is 7.03. The maximum atomic E-state index is 12.8. The van der Waals surface area contributed by atoms with Crippen LogP contribution in [0.4, 0.5) is 5.69 Å². The van der Waals surface area contributed by atoms with E-state index in [0.717, 1.165) is 4.68 Å². The van der Waals surface area contributed by atoms with E-state index in [-0.39, 0.29) is 28.5 Å². The average Bonchev–Trinajstić information content (AvgIpc) is 3.20. The second-order valence-corrected chi connectivity index (χ2v) is 6.94. The molecule has 8 nitrogen and oxygen atoms in total. The van der Waals surface area contributed by atoms with Crippen molar-refractivity contribution >= 4 is 23.2 Å². The molecule has 1 aliphatic rings. The molecule has 1 heterocycles. The van der Waals surface area contributed by atoms with Crippen LogP contribution in [-0.4, -0.2) is 32.2 Å². The summed E-state index contributed by atoms with van der Waals surface area (Å²) in [7, 11) is 0. The van der Waals surface area contributed by atoms with E-state index in [1.165, 1.54) is 18.2 Å². The van der Waals surface area contributed by atoms with Crippen LogP contribution in [0.25, 0.3) is 5.69 Å². The fraction of sp³-hybridized carbons (Fsp3) is 0. The molecular weight excluding hydrogens is 396 g/mol. The number of aromatic amines is 1. The van der Waals surface area contributed by atoms with Crippen LogP contribution in [0, 0.1) is 0 Å². The summed E-state index contributed by atoms with van der Waals surface area (Å²) in [6, 6.07) is 19.8. The van der Waals surface area contributed by atoms with Crippen molar-refractivity contribution in [3.05, 3.63) is 111 Å². The number of fused-ring (bicyclic) bond motifs is 2. The van der Waals surface area contributed by atoms with Gasteiger partial charge in [0.2, 0.25) is 5.82 Å². The van der Waals surface area contributed by atoms with Crippen LogP contribution in [0.5, 0.6) is 0 Å². The van der Waals surface area contributed by atoms with E-state index < -0.39 is 11.6 Å². The molecule has 0 saturated carbocycles. The monoisotopic (exact) mass is 410 g/mol. The number of carbonyl (C=O) groups excluding carboxylic acids is 3. The van der Waals surface area contributed by atoms with Gasteiger partial charge in [-0.1, -0.05) is 42.5 Å². The van der Waals surface area contributed by atoms with Crippen molar-refractivity contribution in [2.45, 2.75) is 0 Å². The number of nitrogens with zero attached hydrogens (tertiary/aromatic N) is 2. The summed E-state index contributed by atoms with van der Waals surface area (Å²) in [4.78, 5) is 52.7. The number of hydrogen-bond acceptors (Lipinski definition) is 5. The van der Waals surface area contributed by atoms with E-state index in [9.17, 15) is 19.2 Å². The first-order valence-corrected chi connectivity index (χ1v) is 9.41. The summed E-state index contributed by atoms with van der Waals surface area (Å²) in [6.07, 6.45) is 0. The maximum Gasteiger partial charge on any atom is 0.348 e. The summed E-state index contributed by atoms with van der Waals surface area (Å²) >= 11 is 0. The minimum absolute atomic E-state index is 0.181. The van der Waals surface area contributed by atoms with Crippen molar-refractivity contribution < 1.29 is 14.4 Å². The Morgan fingerprint density at radius 2 is 1.39 bits per heavy atom. The molecule has 2 N–H and O–H groups in total. The molecular formula is C23H14N4O4. The third kappa shape index (κ3) is 3.06. The van der Waals surface area contributed by atoms with Gasteiger partial charge in [0, 0.05) is 27.9 Å². The topological polar surface area (TPSA) is 114 Å². The number of amides is 1. The Hall–Kier alpha value is -4.59. The van der Waals surface area contributed by atoms with Gasteiger partial charge in [-0.05, 0) is 30.3 Å².